The van der Waals surface area contributed by atoms with E-state index < -0.39 is 23.8 Å². The number of para-hydroxylation sites is 1. The van der Waals surface area contributed by atoms with Crippen molar-refractivity contribution in [2.75, 3.05) is 0 Å². The van der Waals surface area contributed by atoms with Crippen molar-refractivity contribution in [3.8, 4) is 0 Å². The number of halogens is 1. The number of rotatable bonds is 6. The quantitative estimate of drug-likeness (QED) is 0.318. The number of hydrogen-bond donors (Lipinski definition) is 4. The molecule has 0 saturated heterocycles. The van der Waals surface area contributed by atoms with E-state index in [1.165, 1.54) is 0 Å². The molecule has 1 aromatic heterocycles. The number of benzene rings is 3. The van der Waals surface area contributed by atoms with Gasteiger partial charge < -0.3 is 10.3 Å². The third kappa shape index (κ3) is 5.27. The van der Waals surface area contributed by atoms with Gasteiger partial charge in [0, 0.05) is 29.1 Å². The first-order chi connectivity index (χ1) is 16.4. The van der Waals surface area contributed by atoms with Gasteiger partial charge in [-0.3, -0.25) is 25.2 Å². The average Bonchev–Trinajstić information content (AvgIpc) is 3.25. The minimum absolute atomic E-state index is 0.201. The van der Waals surface area contributed by atoms with E-state index in [2.05, 4.69) is 21.2 Å². The molecule has 3 amide bonds. The summed E-state index contributed by atoms with van der Waals surface area (Å²) in [4.78, 5) is 41.6. The Morgan fingerprint density at radius 3 is 2.35 bits per heavy atom. The first kappa shape index (κ1) is 23.1. The summed E-state index contributed by atoms with van der Waals surface area (Å²) >= 11 is 6.16. The van der Waals surface area contributed by atoms with Crippen molar-refractivity contribution < 1.29 is 14.4 Å². The van der Waals surface area contributed by atoms with Crippen LogP contribution in [0.5, 0.6) is 0 Å². The smallest absolute Gasteiger partial charge is 0.269 e. The van der Waals surface area contributed by atoms with Gasteiger partial charge in [0.1, 0.15) is 6.04 Å². The lowest BCUT2D eigenvalue weighted by molar-refractivity contribution is -0.123. The highest BCUT2D eigenvalue weighted by atomic mass is 35.5. The van der Waals surface area contributed by atoms with Crippen LogP contribution in [-0.4, -0.2) is 28.7 Å². The van der Waals surface area contributed by atoms with Crippen LogP contribution in [0.1, 0.15) is 31.8 Å². The fourth-order valence-electron chi connectivity index (χ4n) is 3.59. The second-order valence-electron chi connectivity index (χ2n) is 7.88. The molecule has 0 spiro atoms. The number of carbonyl (C=O) groups excluding carboxylic acids is 3. The lowest BCUT2D eigenvalue weighted by Crippen LogP contribution is -2.53. The van der Waals surface area contributed by atoms with Crippen molar-refractivity contribution in [2.24, 2.45) is 0 Å². The lowest BCUT2D eigenvalue weighted by atomic mass is 10.0. The average molecular weight is 475 g/mol. The summed E-state index contributed by atoms with van der Waals surface area (Å²) in [5, 5.41) is 3.96. The van der Waals surface area contributed by atoms with Crippen molar-refractivity contribution >= 4 is 40.2 Å². The largest absolute Gasteiger partial charge is 0.361 e. The van der Waals surface area contributed by atoms with E-state index in [1.54, 1.807) is 54.7 Å². The number of aryl methyl sites for hydroxylation is 1. The number of carbonyl (C=O) groups is 3. The predicted octanol–water partition coefficient (Wildman–Crippen LogP) is 3.93. The normalized spacial score (nSPS) is 11.6. The van der Waals surface area contributed by atoms with E-state index >= 15 is 0 Å². The Bertz CT molecular complexity index is 1350. The number of aromatic nitrogens is 1. The highest BCUT2D eigenvalue weighted by Gasteiger charge is 2.24. The van der Waals surface area contributed by atoms with Crippen molar-refractivity contribution in [1.82, 2.24) is 21.2 Å². The van der Waals surface area contributed by atoms with Gasteiger partial charge in [-0.05, 0) is 42.8 Å². The van der Waals surface area contributed by atoms with Gasteiger partial charge in [-0.25, -0.2) is 0 Å². The second-order valence-corrected chi connectivity index (χ2v) is 8.29. The molecule has 0 saturated carbocycles. The molecule has 4 aromatic rings. The molecule has 0 aliphatic rings. The SMILES string of the molecule is Cc1ccc(C(=O)NNC(=O)[C@H](Cc2c[nH]c3ccccc23)NC(=O)c2ccccc2Cl)cc1. The van der Waals surface area contributed by atoms with Gasteiger partial charge in [0.25, 0.3) is 17.7 Å². The third-order valence-corrected chi connectivity index (χ3v) is 5.78. The van der Waals surface area contributed by atoms with Gasteiger partial charge in [0.15, 0.2) is 0 Å². The summed E-state index contributed by atoms with van der Waals surface area (Å²) in [5.41, 5.74) is 8.28. The summed E-state index contributed by atoms with van der Waals surface area (Å²) in [6.45, 7) is 1.92. The fourth-order valence-corrected chi connectivity index (χ4v) is 3.82. The Morgan fingerprint density at radius 2 is 1.59 bits per heavy atom. The molecule has 4 N–H and O–H groups in total. The summed E-state index contributed by atoms with van der Waals surface area (Å²) in [6.07, 6.45) is 2.00. The first-order valence-electron chi connectivity index (χ1n) is 10.7. The van der Waals surface area contributed by atoms with Crippen molar-refractivity contribution in [3.05, 3.63) is 106 Å². The molecule has 172 valence electrons. The molecule has 0 aliphatic carbocycles. The van der Waals surface area contributed by atoms with Crippen LogP contribution in [0, 0.1) is 6.92 Å². The van der Waals surface area contributed by atoms with Crippen LogP contribution in [0.4, 0.5) is 0 Å². The summed E-state index contributed by atoms with van der Waals surface area (Å²) in [5.74, 6) is -1.52. The van der Waals surface area contributed by atoms with Crippen LogP contribution in [0.25, 0.3) is 10.9 Å². The molecule has 7 nitrogen and oxygen atoms in total. The zero-order valence-electron chi connectivity index (χ0n) is 18.4. The summed E-state index contributed by atoms with van der Waals surface area (Å²) in [7, 11) is 0. The number of hydrogen-bond acceptors (Lipinski definition) is 3. The molecular formula is C26H23ClN4O3. The lowest BCUT2D eigenvalue weighted by Gasteiger charge is -2.19. The Kier molecular flexibility index (Phi) is 6.94. The number of amides is 3. The highest BCUT2D eigenvalue weighted by molar-refractivity contribution is 6.33. The van der Waals surface area contributed by atoms with Crippen molar-refractivity contribution in [3.63, 3.8) is 0 Å². The van der Waals surface area contributed by atoms with Gasteiger partial charge in [0.2, 0.25) is 0 Å². The highest BCUT2D eigenvalue weighted by Crippen LogP contribution is 2.20. The maximum absolute atomic E-state index is 13.1. The summed E-state index contributed by atoms with van der Waals surface area (Å²) < 4.78 is 0. The Balaban J connectivity index is 1.53. The molecule has 0 bridgehead atoms. The maximum atomic E-state index is 13.1. The number of fused-ring (bicyclic) bond motifs is 1. The van der Waals surface area contributed by atoms with E-state index in [9.17, 15) is 14.4 Å². The van der Waals surface area contributed by atoms with Gasteiger partial charge in [-0.1, -0.05) is 59.6 Å². The minimum Gasteiger partial charge on any atom is -0.361 e. The van der Waals surface area contributed by atoms with Crippen LogP contribution in [0.2, 0.25) is 5.02 Å². The van der Waals surface area contributed by atoms with Crippen molar-refractivity contribution in [2.45, 2.75) is 19.4 Å². The molecule has 1 heterocycles. The van der Waals surface area contributed by atoms with E-state index in [4.69, 9.17) is 11.6 Å². The number of H-pyrrole nitrogens is 1. The third-order valence-electron chi connectivity index (χ3n) is 5.45. The zero-order valence-corrected chi connectivity index (χ0v) is 19.1. The van der Waals surface area contributed by atoms with Gasteiger partial charge in [-0.15, -0.1) is 0 Å². The monoisotopic (exact) mass is 474 g/mol. The van der Waals surface area contributed by atoms with Crippen LogP contribution in [0.15, 0.2) is 79.0 Å². The van der Waals surface area contributed by atoms with Crippen LogP contribution < -0.4 is 16.2 Å². The topological polar surface area (TPSA) is 103 Å². The molecule has 0 radical (unpaired) electrons. The molecule has 3 aromatic carbocycles. The fraction of sp³-hybridized carbons (Fsp3) is 0.115. The molecule has 0 unspecified atom stereocenters. The Labute approximate surface area is 201 Å². The molecule has 0 aliphatic heterocycles. The first-order valence-corrected chi connectivity index (χ1v) is 11.1. The molecule has 0 fully saturated rings. The zero-order chi connectivity index (χ0) is 24.1. The molecule has 4 rings (SSSR count). The number of hydrazine groups is 1. The Morgan fingerprint density at radius 1 is 0.882 bits per heavy atom. The van der Waals surface area contributed by atoms with Crippen molar-refractivity contribution in [1.29, 1.82) is 0 Å². The molecule has 1 atom stereocenters. The van der Waals surface area contributed by atoms with Gasteiger partial charge in [0.05, 0.1) is 10.6 Å². The van der Waals surface area contributed by atoms with E-state index in [1.807, 2.05) is 31.2 Å². The van der Waals surface area contributed by atoms with Crippen LogP contribution in [0.3, 0.4) is 0 Å². The van der Waals surface area contributed by atoms with Gasteiger partial charge >= 0.3 is 0 Å². The number of aromatic amines is 1. The number of nitrogens with one attached hydrogen (secondary N) is 4. The minimum atomic E-state index is -0.971. The molecule has 34 heavy (non-hydrogen) atoms. The van der Waals surface area contributed by atoms with Crippen LogP contribution >= 0.6 is 11.6 Å². The Hall–Kier alpha value is -4.10. The summed E-state index contributed by atoms with van der Waals surface area (Å²) in [6, 6.07) is 20.2. The van der Waals surface area contributed by atoms with Gasteiger partial charge in [-0.2, -0.15) is 0 Å². The predicted molar refractivity (Wildman–Crippen MR) is 131 cm³/mol. The second kappa shape index (κ2) is 10.2. The molecule has 8 heteroatoms. The standard InChI is InChI=1S/C26H23ClN4O3/c1-16-10-12-17(13-11-16)24(32)30-31-26(34)23(29-25(33)20-7-2-4-8-21(20)27)14-18-15-28-22-9-5-3-6-19(18)22/h2-13,15,23,28H,14H2,1H3,(H,29,33)(H,30,32)(H,31,34)/t23-/m0/s1. The molecular weight excluding hydrogens is 452 g/mol. The van der Waals surface area contributed by atoms with E-state index in [0.717, 1.165) is 22.0 Å². The van der Waals surface area contributed by atoms with E-state index in [-0.39, 0.29) is 17.0 Å². The maximum Gasteiger partial charge on any atom is 0.269 e. The van der Waals surface area contributed by atoms with Crippen LogP contribution in [-0.2, 0) is 11.2 Å². The van der Waals surface area contributed by atoms with E-state index in [0.29, 0.717) is 5.56 Å².